The molecule has 3 unspecified atom stereocenters. The first-order chi connectivity index (χ1) is 5.66. The number of carboxylic acid groups (broad SMARTS) is 1. The first kappa shape index (κ1) is 8.05. The average Bonchev–Trinajstić information content (AvgIpc) is 2.02. The fourth-order valence-corrected chi connectivity index (χ4v) is 2.60. The van der Waals surface area contributed by atoms with Gasteiger partial charge in [-0.1, -0.05) is 13.3 Å². The second-order valence-corrected chi connectivity index (χ2v) is 4.15. The molecule has 3 rings (SSSR count). The van der Waals surface area contributed by atoms with Crippen molar-refractivity contribution >= 4 is 5.97 Å². The van der Waals surface area contributed by atoms with Crippen LogP contribution in [0.15, 0.2) is 0 Å². The SMILES string of the molecule is CCC1CC2CC(C(=O)O)(C1)N2. The van der Waals surface area contributed by atoms with E-state index in [0.29, 0.717) is 12.0 Å². The summed E-state index contributed by atoms with van der Waals surface area (Å²) in [5, 5.41) is 12.1. The predicted octanol–water partition coefficient (Wildman–Crippen LogP) is 0.992. The highest BCUT2D eigenvalue weighted by Gasteiger charge is 2.54. The van der Waals surface area contributed by atoms with E-state index in [9.17, 15) is 4.79 Å². The zero-order chi connectivity index (χ0) is 8.77. The molecule has 0 aromatic heterocycles. The number of carbonyl (C=O) groups is 1. The second kappa shape index (κ2) is 2.46. The van der Waals surface area contributed by atoms with Gasteiger partial charge in [0.2, 0.25) is 0 Å². The molecule has 2 bridgehead atoms. The number of hydrogen-bond acceptors (Lipinski definition) is 2. The van der Waals surface area contributed by atoms with Gasteiger partial charge < -0.3 is 5.11 Å². The maximum absolute atomic E-state index is 10.9. The minimum atomic E-state index is -0.656. The van der Waals surface area contributed by atoms with Crippen LogP contribution >= 0.6 is 0 Å². The van der Waals surface area contributed by atoms with Gasteiger partial charge >= 0.3 is 5.97 Å². The van der Waals surface area contributed by atoms with E-state index < -0.39 is 11.5 Å². The Labute approximate surface area is 72.2 Å². The summed E-state index contributed by atoms with van der Waals surface area (Å²) in [5.41, 5.74) is -0.538. The van der Waals surface area contributed by atoms with Gasteiger partial charge in [-0.2, -0.15) is 0 Å². The van der Waals surface area contributed by atoms with Crippen molar-refractivity contribution in [3.8, 4) is 0 Å². The van der Waals surface area contributed by atoms with Crippen molar-refractivity contribution < 1.29 is 9.90 Å². The van der Waals surface area contributed by atoms with Gasteiger partial charge in [-0.25, -0.2) is 0 Å². The predicted molar refractivity (Wildman–Crippen MR) is 44.9 cm³/mol. The lowest BCUT2D eigenvalue weighted by Gasteiger charge is -2.53. The summed E-state index contributed by atoms with van der Waals surface area (Å²) >= 11 is 0. The van der Waals surface area contributed by atoms with E-state index in [1.165, 1.54) is 6.42 Å². The van der Waals surface area contributed by atoms with Crippen LogP contribution in [0.3, 0.4) is 0 Å². The fraction of sp³-hybridized carbons (Fsp3) is 0.889. The average molecular weight is 169 g/mol. The Morgan fingerprint density at radius 3 is 2.83 bits per heavy atom. The van der Waals surface area contributed by atoms with Crippen LogP contribution in [0.4, 0.5) is 0 Å². The number of rotatable bonds is 2. The van der Waals surface area contributed by atoms with Gasteiger partial charge in [0.15, 0.2) is 0 Å². The van der Waals surface area contributed by atoms with Crippen LogP contribution in [0, 0.1) is 5.92 Å². The highest BCUT2D eigenvalue weighted by molar-refractivity contribution is 5.80. The molecule has 3 aliphatic rings. The molecule has 3 nitrogen and oxygen atoms in total. The lowest BCUT2D eigenvalue weighted by molar-refractivity contribution is -0.155. The first-order valence-corrected chi connectivity index (χ1v) is 4.67. The van der Waals surface area contributed by atoms with Crippen LogP contribution in [0.5, 0.6) is 0 Å². The van der Waals surface area contributed by atoms with Gasteiger partial charge in [0.05, 0.1) is 0 Å². The van der Waals surface area contributed by atoms with Crippen LogP contribution in [0.1, 0.15) is 32.6 Å². The molecule has 2 N–H and O–H groups in total. The maximum atomic E-state index is 10.9. The summed E-state index contributed by atoms with van der Waals surface area (Å²) in [7, 11) is 0. The molecule has 2 heterocycles. The van der Waals surface area contributed by atoms with Crippen LogP contribution in [-0.2, 0) is 4.79 Å². The van der Waals surface area contributed by atoms with Crippen molar-refractivity contribution in [2.75, 3.05) is 0 Å². The number of carboxylic acids is 1. The number of fused-ring (bicyclic) bond motifs is 2. The van der Waals surface area contributed by atoms with E-state index in [1.54, 1.807) is 0 Å². The van der Waals surface area contributed by atoms with E-state index in [-0.39, 0.29) is 0 Å². The fourth-order valence-electron chi connectivity index (χ4n) is 2.60. The Morgan fingerprint density at radius 1 is 1.67 bits per heavy atom. The molecule has 2 aliphatic heterocycles. The van der Waals surface area contributed by atoms with E-state index in [1.807, 2.05) is 0 Å². The van der Waals surface area contributed by atoms with Crippen LogP contribution in [0.2, 0.25) is 0 Å². The molecule has 0 radical (unpaired) electrons. The summed E-state index contributed by atoms with van der Waals surface area (Å²) in [6.07, 6.45) is 3.97. The molecule has 0 spiro atoms. The molecule has 3 fully saturated rings. The first-order valence-electron chi connectivity index (χ1n) is 4.67. The Bertz CT molecular complexity index is 209. The second-order valence-electron chi connectivity index (χ2n) is 4.15. The van der Waals surface area contributed by atoms with Crippen molar-refractivity contribution in [2.45, 2.75) is 44.2 Å². The quantitative estimate of drug-likeness (QED) is 0.648. The molecular formula is C9H15NO2. The van der Waals surface area contributed by atoms with Crippen molar-refractivity contribution in [3.05, 3.63) is 0 Å². The Kier molecular flexibility index (Phi) is 1.65. The highest BCUT2D eigenvalue weighted by atomic mass is 16.4. The number of nitrogens with one attached hydrogen (secondary N) is 1. The van der Waals surface area contributed by atoms with Crippen LogP contribution in [0.25, 0.3) is 0 Å². The van der Waals surface area contributed by atoms with Crippen LogP contribution < -0.4 is 5.32 Å². The highest BCUT2D eigenvalue weighted by Crippen LogP contribution is 2.42. The zero-order valence-electron chi connectivity index (χ0n) is 7.34. The summed E-state index contributed by atoms with van der Waals surface area (Å²) in [6, 6.07) is 0.486. The molecule has 3 heteroatoms. The number of piperidine rings is 1. The lowest BCUT2D eigenvalue weighted by atomic mass is 9.65. The maximum Gasteiger partial charge on any atom is 0.323 e. The summed E-state index contributed by atoms with van der Waals surface area (Å²) in [4.78, 5) is 10.9. The van der Waals surface area contributed by atoms with Crippen molar-refractivity contribution in [3.63, 3.8) is 0 Å². The smallest absolute Gasteiger partial charge is 0.323 e. The zero-order valence-corrected chi connectivity index (χ0v) is 7.34. The van der Waals surface area contributed by atoms with Gasteiger partial charge in [0, 0.05) is 6.04 Å². The third-order valence-corrected chi connectivity index (χ3v) is 3.32. The number of aliphatic carboxylic acids is 1. The van der Waals surface area contributed by atoms with Gasteiger partial charge in [0.1, 0.15) is 5.54 Å². The number of hydrogen-bond donors (Lipinski definition) is 2. The largest absolute Gasteiger partial charge is 0.480 e. The Morgan fingerprint density at radius 2 is 2.33 bits per heavy atom. The van der Waals surface area contributed by atoms with Gasteiger partial charge in [-0.05, 0) is 25.2 Å². The van der Waals surface area contributed by atoms with E-state index in [0.717, 1.165) is 19.3 Å². The molecule has 3 atom stereocenters. The van der Waals surface area contributed by atoms with Gasteiger partial charge in [0.25, 0.3) is 0 Å². The standard InChI is InChI=1S/C9H15NO2/c1-2-6-3-7-5-9(4-6,10-7)8(11)12/h6-7,10H,2-5H2,1H3,(H,11,12). The lowest BCUT2D eigenvalue weighted by Crippen LogP contribution is -2.71. The molecule has 0 aromatic carbocycles. The molecule has 1 saturated carbocycles. The third-order valence-electron chi connectivity index (χ3n) is 3.32. The van der Waals surface area contributed by atoms with E-state index in [2.05, 4.69) is 12.2 Å². The summed E-state index contributed by atoms with van der Waals surface area (Å²) in [5.74, 6) is -0.0296. The molecule has 2 saturated heterocycles. The van der Waals surface area contributed by atoms with Crippen molar-refractivity contribution in [1.82, 2.24) is 5.32 Å². The van der Waals surface area contributed by atoms with E-state index in [4.69, 9.17) is 5.11 Å². The molecule has 0 aromatic rings. The van der Waals surface area contributed by atoms with Crippen molar-refractivity contribution in [1.29, 1.82) is 0 Å². The van der Waals surface area contributed by atoms with E-state index >= 15 is 0 Å². The summed E-state index contributed by atoms with van der Waals surface area (Å²) in [6.45, 7) is 2.14. The summed E-state index contributed by atoms with van der Waals surface area (Å²) < 4.78 is 0. The van der Waals surface area contributed by atoms with Gasteiger partial charge in [-0.3, -0.25) is 10.1 Å². The topological polar surface area (TPSA) is 49.3 Å². The normalized spacial score (nSPS) is 45.1. The Balaban J connectivity index is 2.07. The van der Waals surface area contributed by atoms with Crippen molar-refractivity contribution in [2.24, 2.45) is 5.92 Å². The minimum Gasteiger partial charge on any atom is -0.480 e. The molecule has 1 aliphatic carbocycles. The molecule has 0 amide bonds. The third kappa shape index (κ3) is 0.959. The van der Waals surface area contributed by atoms with Gasteiger partial charge in [-0.15, -0.1) is 0 Å². The minimum absolute atomic E-state index is 0.486. The monoisotopic (exact) mass is 169 g/mol. The molecular weight excluding hydrogens is 154 g/mol. The molecule has 68 valence electrons. The van der Waals surface area contributed by atoms with Crippen LogP contribution in [-0.4, -0.2) is 22.7 Å². The molecule has 12 heavy (non-hydrogen) atoms. The Hall–Kier alpha value is -0.570.